The van der Waals surface area contributed by atoms with Crippen LogP contribution in [0.4, 0.5) is 0 Å². The Balaban J connectivity index is 0.000000208. The van der Waals surface area contributed by atoms with Crippen LogP contribution in [0.5, 0.6) is 17.2 Å². The van der Waals surface area contributed by atoms with Gasteiger partial charge in [0.25, 0.3) is 0 Å². The second-order valence-electron chi connectivity index (χ2n) is 10.9. The van der Waals surface area contributed by atoms with Crippen molar-refractivity contribution in [3.8, 4) is 17.2 Å². The number of nitrogens with zero attached hydrogens (tertiary/aromatic N) is 3. The van der Waals surface area contributed by atoms with Crippen molar-refractivity contribution in [3.63, 3.8) is 0 Å². The molecule has 0 bridgehead atoms. The van der Waals surface area contributed by atoms with Crippen LogP contribution in [0.3, 0.4) is 0 Å². The topological polar surface area (TPSA) is 106 Å². The molecule has 6 aromatic carbocycles. The predicted octanol–water partition coefficient (Wildman–Crippen LogP) is 9.42. The maximum absolute atomic E-state index is 11.5. The minimum atomic E-state index is -0.00925. The van der Waals surface area contributed by atoms with E-state index in [-0.39, 0.29) is 34.3 Å². The number of hydrogen-bond donors (Lipinski definition) is 0. The van der Waals surface area contributed by atoms with E-state index >= 15 is 0 Å². The zero-order valence-electron chi connectivity index (χ0n) is 27.8. The van der Waals surface area contributed by atoms with Gasteiger partial charge >= 0.3 is 17.1 Å². The maximum atomic E-state index is 11.5. The molecular weight excluding hydrogens is 889 g/mol. The smallest absolute Gasteiger partial charge is 0.872 e. The first-order chi connectivity index (χ1) is 24.8. The van der Waals surface area contributed by atoms with Crippen molar-refractivity contribution in [2.75, 3.05) is 0 Å². The number of hydrogen-bond acceptors (Lipinski definition) is 6. The summed E-state index contributed by atoms with van der Waals surface area (Å²) in [4.78, 5) is 12.8. The molecule has 52 heavy (non-hydrogen) atoms. The molecule has 6 aromatic rings. The summed E-state index contributed by atoms with van der Waals surface area (Å²) in [7, 11) is 0. The minimum Gasteiger partial charge on any atom is -0.872 e. The summed E-state index contributed by atoms with van der Waals surface area (Å²) in [6, 6.07) is 45.0. The third kappa shape index (κ3) is 15.5. The largest absolute Gasteiger partial charge is 3.00 e. The Morgan fingerprint density at radius 3 is 0.885 bits per heavy atom. The van der Waals surface area contributed by atoms with Crippen LogP contribution in [0, 0.1) is 0 Å². The predicted molar refractivity (Wildman–Crippen MR) is 214 cm³/mol. The molecular formula is C42H33Br3MnN3O3. The molecule has 0 saturated carbocycles. The van der Waals surface area contributed by atoms with Gasteiger partial charge in [0, 0.05) is 32.1 Å². The third-order valence-electron chi connectivity index (χ3n) is 6.96. The molecule has 0 amide bonds. The molecule has 0 aliphatic carbocycles. The molecule has 0 spiro atoms. The number of halogens is 3. The van der Waals surface area contributed by atoms with Crippen molar-refractivity contribution in [1.82, 2.24) is 0 Å². The standard InChI is InChI=1S/3C14H12BrNO.Mn/c3*15-13-6-7-14(17)12(8-13)10-16-9-11-4-2-1-3-5-11;/h3*1-8,10,17H,9H2;/q;;;+3/p-3. The number of benzene rings is 6. The van der Waals surface area contributed by atoms with Crippen molar-refractivity contribution in [2.45, 2.75) is 19.6 Å². The summed E-state index contributed by atoms with van der Waals surface area (Å²) in [5.41, 5.74) is 5.21. The summed E-state index contributed by atoms with van der Waals surface area (Å²) >= 11 is 10.00. The van der Waals surface area contributed by atoms with Gasteiger partial charge in [0.1, 0.15) is 0 Å². The zero-order valence-corrected chi connectivity index (χ0v) is 33.7. The Morgan fingerprint density at radius 2 is 0.635 bits per heavy atom. The molecule has 0 unspecified atom stereocenters. The quantitative estimate of drug-likeness (QED) is 0.107. The molecule has 10 heteroatoms. The van der Waals surface area contributed by atoms with E-state index in [4.69, 9.17) is 0 Å². The Hall–Kier alpha value is -4.31. The van der Waals surface area contributed by atoms with Crippen molar-refractivity contribution in [1.29, 1.82) is 0 Å². The average Bonchev–Trinajstić information content (AvgIpc) is 3.14. The Bertz CT molecular complexity index is 1810. The first-order valence-corrected chi connectivity index (χ1v) is 18.2. The molecule has 6 nitrogen and oxygen atoms in total. The van der Waals surface area contributed by atoms with Gasteiger partial charge in [-0.05, 0) is 69.8 Å². The van der Waals surface area contributed by atoms with Crippen LogP contribution >= 0.6 is 47.8 Å². The molecule has 0 fully saturated rings. The van der Waals surface area contributed by atoms with Crippen LogP contribution in [0.15, 0.2) is 174 Å². The van der Waals surface area contributed by atoms with Gasteiger partial charge < -0.3 is 15.3 Å². The van der Waals surface area contributed by atoms with Gasteiger partial charge in [0.05, 0.1) is 19.6 Å². The van der Waals surface area contributed by atoms with Crippen molar-refractivity contribution >= 4 is 66.4 Å². The third-order valence-corrected chi connectivity index (χ3v) is 8.44. The molecule has 0 heterocycles. The molecule has 0 saturated heterocycles. The molecule has 0 atom stereocenters. The molecule has 262 valence electrons. The van der Waals surface area contributed by atoms with Crippen LogP contribution in [0.25, 0.3) is 0 Å². The van der Waals surface area contributed by atoms with Gasteiger partial charge in [-0.1, -0.05) is 174 Å². The van der Waals surface area contributed by atoms with Crippen LogP contribution in [0.2, 0.25) is 0 Å². The summed E-state index contributed by atoms with van der Waals surface area (Å²) in [6.07, 6.45) is 4.88. The van der Waals surface area contributed by atoms with E-state index in [1.807, 2.05) is 91.0 Å². The SMILES string of the molecule is [Mn+3].[O-]c1ccc(Br)cc1C=NCc1ccccc1.[O-]c1ccc(Br)cc1C=NCc1ccccc1.[O-]c1ccc(Br)cc1C=NCc1ccccc1. The molecule has 0 aliphatic rings. The van der Waals surface area contributed by atoms with Gasteiger partial charge in [-0.15, -0.1) is 0 Å². The fraction of sp³-hybridized carbons (Fsp3) is 0.0714. The molecule has 0 radical (unpaired) electrons. The van der Waals surface area contributed by atoms with E-state index in [9.17, 15) is 15.3 Å². The zero-order chi connectivity index (χ0) is 36.3. The average molecular weight is 922 g/mol. The second-order valence-corrected chi connectivity index (χ2v) is 13.7. The Morgan fingerprint density at radius 1 is 0.385 bits per heavy atom. The molecule has 0 N–H and O–H groups in total. The second kappa shape index (κ2) is 23.3. The fourth-order valence-electron chi connectivity index (χ4n) is 4.36. The minimum absolute atomic E-state index is 0. The van der Waals surface area contributed by atoms with Crippen LogP contribution in [-0.2, 0) is 36.7 Å². The van der Waals surface area contributed by atoms with Crippen molar-refractivity contribution < 1.29 is 32.4 Å². The first-order valence-electron chi connectivity index (χ1n) is 15.8. The summed E-state index contributed by atoms with van der Waals surface area (Å²) in [5.74, 6) is -0.0277. The summed E-state index contributed by atoms with van der Waals surface area (Å²) in [5, 5.41) is 34.5. The van der Waals surface area contributed by atoms with Gasteiger partial charge in [-0.25, -0.2) is 0 Å². The van der Waals surface area contributed by atoms with Crippen LogP contribution < -0.4 is 15.3 Å². The van der Waals surface area contributed by atoms with Crippen LogP contribution in [-0.4, -0.2) is 18.6 Å². The van der Waals surface area contributed by atoms with E-state index in [1.165, 1.54) is 18.2 Å². The van der Waals surface area contributed by atoms with Gasteiger partial charge in [-0.2, -0.15) is 0 Å². The maximum Gasteiger partial charge on any atom is 3.00 e. The van der Waals surface area contributed by atoms with Crippen LogP contribution in [0.1, 0.15) is 33.4 Å². The van der Waals surface area contributed by atoms with E-state index < -0.39 is 0 Å². The fourth-order valence-corrected chi connectivity index (χ4v) is 5.50. The number of aliphatic imine (C=N–C) groups is 3. The van der Waals surface area contributed by atoms with Gasteiger partial charge in [-0.3, -0.25) is 15.0 Å². The first kappa shape index (κ1) is 42.1. The molecule has 0 aliphatic heterocycles. The Labute approximate surface area is 340 Å². The molecule has 0 aromatic heterocycles. The van der Waals surface area contributed by atoms with E-state index in [1.54, 1.807) is 55.0 Å². The van der Waals surface area contributed by atoms with E-state index in [2.05, 4.69) is 62.8 Å². The number of rotatable bonds is 9. The van der Waals surface area contributed by atoms with E-state index in [0.29, 0.717) is 36.3 Å². The van der Waals surface area contributed by atoms with Crippen molar-refractivity contribution in [3.05, 3.63) is 192 Å². The van der Waals surface area contributed by atoms with Gasteiger partial charge in [0.2, 0.25) is 0 Å². The monoisotopic (exact) mass is 919 g/mol. The van der Waals surface area contributed by atoms with Gasteiger partial charge in [0.15, 0.2) is 0 Å². The Kier molecular flexibility index (Phi) is 18.9. The summed E-state index contributed by atoms with van der Waals surface area (Å²) in [6.45, 7) is 1.77. The normalized spacial score (nSPS) is 10.7. The van der Waals surface area contributed by atoms with Crippen molar-refractivity contribution in [2.24, 2.45) is 15.0 Å². The summed E-state index contributed by atoms with van der Waals surface area (Å²) < 4.78 is 2.66. The molecule has 6 rings (SSSR count). The van der Waals surface area contributed by atoms with E-state index in [0.717, 1.165) is 30.1 Å².